The summed E-state index contributed by atoms with van der Waals surface area (Å²) in [6, 6.07) is 5.84. The van der Waals surface area contributed by atoms with E-state index in [1.54, 1.807) is 13.0 Å². The normalized spacial score (nSPS) is 14.3. The van der Waals surface area contributed by atoms with Gasteiger partial charge in [-0.2, -0.15) is 0 Å². The van der Waals surface area contributed by atoms with Gasteiger partial charge in [-0.15, -0.1) is 6.42 Å². The molecule has 0 radical (unpaired) electrons. The number of carbonyl (C=O) groups excluding carboxylic acids is 1. The Morgan fingerprint density at radius 3 is 2.48 bits per heavy atom. The molecule has 1 unspecified atom stereocenters. The quantitative estimate of drug-likeness (QED) is 0.304. The first-order valence-corrected chi connectivity index (χ1v) is 8.83. The van der Waals surface area contributed by atoms with Gasteiger partial charge in [0.2, 0.25) is 0 Å². The summed E-state index contributed by atoms with van der Waals surface area (Å²) in [5.74, 6) is 0.544. The van der Waals surface area contributed by atoms with Crippen LogP contribution in [0.5, 0.6) is 5.75 Å². The fourth-order valence-electron chi connectivity index (χ4n) is 2.63. The van der Waals surface area contributed by atoms with Gasteiger partial charge in [-0.1, -0.05) is 12.0 Å². The maximum absolute atomic E-state index is 11.8. The number of fused-ring (bicyclic) bond motifs is 1. The summed E-state index contributed by atoms with van der Waals surface area (Å²) in [7, 11) is 0. The fraction of sp³-hybridized carbons (Fsp3) is 0.350. The molecule has 0 aromatic heterocycles. The molecule has 0 aliphatic heterocycles. The van der Waals surface area contributed by atoms with E-state index in [1.165, 1.54) is 10.5 Å². The summed E-state index contributed by atoms with van der Waals surface area (Å²) in [5.41, 5.74) is 2.38. The Hall–Kier alpha value is -3.35. The van der Waals surface area contributed by atoms with E-state index in [2.05, 4.69) is 11.2 Å². The van der Waals surface area contributed by atoms with E-state index in [-0.39, 0.29) is 12.8 Å². The van der Waals surface area contributed by atoms with Crippen LogP contribution in [-0.2, 0) is 16.0 Å². The Balaban J connectivity index is 0.000000447. The van der Waals surface area contributed by atoms with Gasteiger partial charge in [-0.25, -0.2) is 14.4 Å². The molecular formula is C20H24N2O7. The van der Waals surface area contributed by atoms with Gasteiger partial charge in [0.15, 0.2) is 0 Å². The summed E-state index contributed by atoms with van der Waals surface area (Å²) in [4.78, 5) is 32.1. The number of aryl methyl sites for hydroxylation is 1. The second-order valence-electron chi connectivity index (χ2n) is 5.91. The highest BCUT2D eigenvalue weighted by Crippen LogP contribution is 2.33. The lowest BCUT2D eigenvalue weighted by molar-refractivity contribution is -0.134. The van der Waals surface area contributed by atoms with Crippen molar-refractivity contribution in [3.8, 4) is 18.1 Å². The van der Waals surface area contributed by atoms with E-state index in [4.69, 9.17) is 26.5 Å². The highest BCUT2D eigenvalue weighted by atomic mass is 16.6. The number of carboxylic acids is 2. The van der Waals surface area contributed by atoms with E-state index in [0.717, 1.165) is 18.4 Å². The molecule has 2 rings (SSSR count). The number of hydrogen-bond donors (Lipinski definition) is 4. The second kappa shape index (κ2) is 12.2. The van der Waals surface area contributed by atoms with Crippen molar-refractivity contribution in [2.24, 2.45) is 0 Å². The molecule has 0 saturated carbocycles. The number of ether oxygens (including phenoxy) is 1. The molecule has 0 bridgehead atoms. The molecule has 0 heterocycles. The van der Waals surface area contributed by atoms with Crippen LogP contribution in [0.25, 0.3) is 0 Å². The van der Waals surface area contributed by atoms with Crippen molar-refractivity contribution in [3.63, 3.8) is 0 Å². The average Bonchev–Trinajstić information content (AvgIpc) is 3.08. The first kappa shape index (κ1) is 23.7. The van der Waals surface area contributed by atoms with Crippen LogP contribution in [0.1, 0.15) is 30.5 Å². The number of nitrogens with one attached hydrogen (secondary N) is 1. The number of rotatable bonds is 7. The molecule has 0 fully saturated rings. The zero-order chi connectivity index (χ0) is 21.8. The smallest absolute Gasteiger partial charge is 0.417 e. The molecule has 1 aromatic carbocycles. The van der Waals surface area contributed by atoms with E-state index < -0.39 is 18.0 Å². The molecule has 29 heavy (non-hydrogen) atoms. The molecule has 1 aromatic rings. The van der Waals surface area contributed by atoms with Crippen molar-refractivity contribution in [3.05, 3.63) is 41.5 Å². The molecule has 156 valence electrons. The van der Waals surface area contributed by atoms with Gasteiger partial charge in [-0.3, -0.25) is 10.2 Å². The highest BCUT2D eigenvalue weighted by molar-refractivity contribution is 5.89. The molecule has 1 aliphatic carbocycles. The largest absolute Gasteiger partial charge is 0.478 e. The third-order valence-corrected chi connectivity index (χ3v) is 4.03. The molecule has 4 N–H and O–H groups in total. The lowest BCUT2D eigenvalue weighted by atomic mass is 10.1. The van der Waals surface area contributed by atoms with Crippen LogP contribution in [0.3, 0.4) is 0 Å². The first-order chi connectivity index (χ1) is 13.8. The second-order valence-corrected chi connectivity index (χ2v) is 5.91. The van der Waals surface area contributed by atoms with Crippen molar-refractivity contribution < 1.29 is 34.4 Å². The lowest BCUT2D eigenvalue weighted by Gasteiger charge is -2.18. The summed E-state index contributed by atoms with van der Waals surface area (Å²) in [6.45, 7) is 2.33. The van der Waals surface area contributed by atoms with Crippen LogP contribution >= 0.6 is 0 Å². The fourth-order valence-corrected chi connectivity index (χ4v) is 2.63. The van der Waals surface area contributed by atoms with Crippen molar-refractivity contribution in [2.45, 2.75) is 25.8 Å². The van der Waals surface area contributed by atoms with Gasteiger partial charge in [0.05, 0.1) is 6.54 Å². The molecule has 9 heteroatoms. The van der Waals surface area contributed by atoms with Crippen molar-refractivity contribution in [2.75, 3.05) is 19.8 Å². The minimum absolute atomic E-state index is 0.204. The molecule has 9 nitrogen and oxygen atoms in total. The van der Waals surface area contributed by atoms with Crippen LogP contribution < -0.4 is 10.1 Å². The Kier molecular flexibility index (Phi) is 9.95. The first-order valence-electron chi connectivity index (χ1n) is 8.83. The maximum Gasteiger partial charge on any atom is 0.417 e. The van der Waals surface area contributed by atoms with Gasteiger partial charge in [-0.05, 0) is 43.0 Å². The number of aliphatic hydroxyl groups is 1. The van der Waals surface area contributed by atoms with E-state index in [0.29, 0.717) is 31.0 Å². The highest BCUT2D eigenvalue weighted by Gasteiger charge is 2.23. The molecule has 1 atom stereocenters. The molecule has 1 aliphatic rings. The maximum atomic E-state index is 11.8. The van der Waals surface area contributed by atoms with Gasteiger partial charge >= 0.3 is 18.0 Å². The third kappa shape index (κ3) is 8.04. The van der Waals surface area contributed by atoms with Gasteiger partial charge < -0.3 is 20.1 Å². The van der Waals surface area contributed by atoms with Crippen LogP contribution in [0.4, 0.5) is 4.79 Å². The van der Waals surface area contributed by atoms with Crippen molar-refractivity contribution >= 4 is 18.0 Å². The predicted molar refractivity (Wildman–Crippen MR) is 104 cm³/mol. The number of aliphatic carboxylic acids is 2. The van der Waals surface area contributed by atoms with Crippen LogP contribution in [0.15, 0.2) is 30.4 Å². The number of carboxylic acid groups (broad SMARTS) is 2. The van der Waals surface area contributed by atoms with Crippen molar-refractivity contribution in [1.82, 2.24) is 10.2 Å². The van der Waals surface area contributed by atoms with Crippen LogP contribution in [0, 0.1) is 12.3 Å². The zero-order valence-electron chi connectivity index (χ0n) is 16.0. The molecular weight excluding hydrogens is 380 g/mol. The van der Waals surface area contributed by atoms with Gasteiger partial charge in [0, 0.05) is 24.7 Å². The minimum Gasteiger partial charge on any atom is -0.478 e. The molecule has 0 spiro atoms. The summed E-state index contributed by atoms with van der Waals surface area (Å²) < 4.78 is 5.30. The zero-order valence-corrected chi connectivity index (χ0v) is 16.0. The van der Waals surface area contributed by atoms with Gasteiger partial charge in [0.1, 0.15) is 12.5 Å². The van der Waals surface area contributed by atoms with Gasteiger partial charge in [0.25, 0.3) is 0 Å². The number of carbonyl (C=O) groups is 3. The minimum atomic E-state index is -1.26. The summed E-state index contributed by atoms with van der Waals surface area (Å²) >= 11 is 0. The number of nitrogens with zero attached hydrogens (tertiary/aromatic N) is 1. The van der Waals surface area contributed by atoms with Crippen molar-refractivity contribution in [1.29, 1.82) is 0 Å². The lowest BCUT2D eigenvalue weighted by Crippen LogP contribution is -2.34. The Labute approximate surface area is 168 Å². The van der Waals surface area contributed by atoms with E-state index in [1.807, 2.05) is 12.1 Å². The number of aliphatic hydroxyl groups excluding tert-OH is 1. The topological polar surface area (TPSA) is 136 Å². The Morgan fingerprint density at radius 1 is 1.31 bits per heavy atom. The standard InChI is InChI=1S/C16H20N2O3.C4H4O4/c1-3-9-17-15-8-6-12-5-7-13(10-14(12)15)21-16(20)18(4-2)11-19;5-3(6)1-2-4(7)8/h1,5,7,10,15,17,19H,4,6,8-9,11H2,2H3;1-2H,(H,5,6)(H,7,8)/b;2-1+. The van der Waals surface area contributed by atoms with Crippen LogP contribution in [0.2, 0.25) is 0 Å². The Bertz CT molecular complexity index is 779. The number of amides is 1. The number of benzene rings is 1. The molecule has 1 amide bonds. The third-order valence-electron chi connectivity index (χ3n) is 4.03. The predicted octanol–water partition coefficient (Wildman–Crippen LogP) is 1.38. The van der Waals surface area contributed by atoms with Crippen LogP contribution in [-0.4, -0.2) is 58.1 Å². The van der Waals surface area contributed by atoms with E-state index in [9.17, 15) is 14.4 Å². The average molecular weight is 404 g/mol. The number of hydrogen-bond acceptors (Lipinski definition) is 6. The summed E-state index contributed by atoms with van der Waals surface area (Å²) in [6.07, 6.45) is 7.82. The Morgan fingerprint density at radius 2 is 1.97 bits per heavy atom. The molecule has 0 saturated heterocycles. The monoisotopic (exact) mass is 404 g/mol. The SMILES string of the molecule is C#CCNC1CCc2ccc(OC(=O)N(CC)CO)cc21.O=C(O)/C=C/C(=O)O. The number of terminal acetylenes is 1. The summed E-state index contributed by atoms with van der Waals surface area (Å²) in [5, 5.41) is 28.0. The van der Waals surface area contributed by atoms with E-state index >= 15 is 0 Å².